The molecule has 1 saturated heterocycles. The number of carbonyl (C=O) groups is 1. The van der Waals surface area contributed by atoms with Gasteiger partial charge in [-0.25, -0.2) is 0 Å². The number of benzene rings is 1. The van der Waals surface area contributed by atoms with Crippen molar-refractivity contribution in [3.05, 3.63) is 28.2 Å². The molecular formula is C10H11BrN2O. The molecule has 0 unspecified atom stereocenters. The number of anilines is 1. The van der Waals surface area contributed by atoms with Crippen LogP contribution in [-0.4, -0.2) is 23.9 Å². The molecule has 2 N–H and O–H groups in total. The molecule has 1 aromatic rings. The molecule has 3 nitrogen and oxygen atoms in total. The molecule has 0 bridgehead atoms. The van der Waals surface area contributed by atoms with Gasteiger partial charge in [0, 0.05) is 28.8 Å². The number of nitrogens with two attached hydrogens (primary N) is 1. The van der Waals surface area contributed by atoms with Crippen LogP contribution >= 0.6 is 15.9 Å². The molecule has 0 saturated carbocycles. The molecule has 0 aliphatic carbocycles. The quantitative estimate of drug-likeness (QED) is 0.779. The van der Waals surface area contributed by atoms with Crippen LogP contribution in [0.5, 0.6) is 0 Å². The minimum atomic E-state index is 0.0791. The summed E-state index contributed by atoms with van der Waals surface area (Å²) in [6.45, 7) is 1.74. The van der Waals surface area contributed by atoms with E-state index in [0.29, 0.717) is 11.3 Å². The van der Waals surface area contributed by atoms with Crippen LogP contribution in [0.2, 0.25) is 0 Å². The molecule has 4 heteroatoms. The first kappa shape index (κ1) is 9.52. The van der Waals surface area contributed by atoms with Crippen LogP contribution in [0.25, 0.3) is 0 Å². The zero-order valence-electron chi connectivity index (χ0n) is 7.66. The number of likely N-dealkylation sites (tertiary alicyclic amines) is 1. The molecule has 74 valence electrons. The van der Waals surface area contributed by atoms with Crippen LogP contribution in [0.3, 0.4) is 0 Å². The summed E-state index contributed by atoms with van der Waals surface area (Å²) < 4.78 is 0.831. The molecule has 1 aliphatic heterocycles. The van der Waals surface area contributed by atoms with Crippen molar-refractivity contribution in [1.29, 1.82) is 0 Å². The highest BCUT2D eigenvalue weighted by atomic mass is 79.9. The SMILES string of the molecule is Nc1cc(C(=O)N2CCC2)ccc1Br. The van der Waals surface area contributed by atoms with E-state index in [0.717, 1.165) is 24.0 Å². The molecule has 1 aromatic carbocycles. The van der Waals surface area contributed by atoms with E-state index in [4.69, 9.17) is 5.73 Å². The summed E-state index contributed by atoms with van der Waals surface area (Å²) in [5.41, 5.74) is 6.98. The van der Waals surface area contributed by atoms with Crippen LogP contribution in [0, 0.1) is 0 Å². The zero-order chi connectivity index (χ0) is 10.1. The van der Waals surface area contributed by atoms with E-state index in [2.05, 4.69) is 15.9 Å². The third kappa shape index (κ3) is 1.62. The first-order valence-electron chi connectivity index (χ1n) is 4.53. The van der Waals surface area contributed by atoms with Crippen molar-refractivity contribution >= 4 is 27.5 Å². The normalized spacial score (nSPS) is 15.1. The van der Waals surface area contributed by atoms with E-state index in [1.807, 2.05) is 11.0 Å². The van der Waals surface area contributed by atoms with Crippen molar-refractivity contribution < 1.29 is 4.79 Å². The Morgan fingerprint density at radius 3 is 2.64 bits per heavy atom. The monoisotopic (exact) mass is 254 g/mol. The average Bonchev–Trinajstić information content (AvgIpc) is 2.06. The van der Waals surface area contributed by atoms with Crippen molar-refractivity contribution in [2.24, 2.45) is 0 Å². The van der Waals surface area contributed by atoms with Crippen LogP contribution in [0.4, 0.5) is 5.69 Å². The molecule has 0 atom stereocenters. The lowest BCUT2D eigenvalue weighted by Crippen LogP contribution is -2.42. The Kier molecular flexibility index (Phi) is 2.46. The van der Waals surface area contributed by atoms with Gasteiger partial charge in [-0.2, -0.15) is 0 Å². The maximum Gasteiger partial charge on any atom is 0.253 e. The third-order valence-electron chi connectivity index (χ3n) is 2.39. The summed E-state index contributed by atoms with van der Waals surface area (Å²) in [5, 5.41) is 0. The van der Waals surface area contributed by atoms with Gasteiger partial charge in [0.15, 0.2) is 0 Å². The Labute approximate surface area is 91.0 Å². The Hall–Kier alpha value is -1.03. The Morgan fingerprint density at radius 2 is 2.14 bits per heavy atom. The van der Waals surface area contributed by atoms with Crippen molar-refractivity contribution in [3.8, 4) is 0 Å². The van der Waals surface area contributed by atoms with Gasteiger partial charge in [-0.05, 0) is 40.5 Å². The maximum atomic E-state index is 11.7. The first-order valence-corrected chi connectivity index (χ1v) is 5.32. The predicted molar refractivity (Wildman–Crippen MR) is 59.1 cm³/mol. The summed E-state index contributed by atoms with van der Waals surface area (Å²) in [5.74, 6) is 0.0791. The molecule has 0 spiro atoms. The molecule has 1 aliphatic rings. The molecule has 0 radical (unpaired) electrons. The highest BCUT2D eigenvalue weighted by Gasteiger charge is 2.21. The second-order valence-electron chi connectivity index (χ2n) is 3.38. The van der Waals surface area contributed by atoms with E-state index >= 15 is 0 Å². The fourth-order valence-electron chi connectivity index (χ4n) is 1.38. The van der Waals surface area contributed by atoms with E-state index in [-0.39, 0.29) is 5.91 Å². The molecule has 1 fully saturated rings. The molecular weight excluding hydrogens is 244 g/mol. The summed E-state index contributed by atoms with van der Waals surface area (Å²) >= 11 is 3.30. The summed E-state index contributed by atoms with van der Waals surface area (Å²) in [6, 6.07) is 5.31. The number of rotatable bonds is 1. The Morgan fingerprint density at radius 1 is 1.43 bits per heavy atom. The van der Waals surface area contributed by atoms with Gasteiger partial charge in [0.05, 0.1) is 0 Å². The number of carbonyl (C=O) groups excluding carboxylic acids is 1. The molecule has 1 heterocycles. The van der Waals surface area contributed by atoms with Gasteiger partial charge >= 0.3 is 0 Å². The van der Waals surface area contributed by atoms with E-state index < -0.39 is 0 Å². The number of nitrogens with zero attached hydrogens (tertiary/aromatic N) is 1. The standard InChI is InChI=1S/C10H11BrN2O/c11-8-3-2-7(6-9(8)12)10(14)13-4-1-5-13/h2-3,6H,1,4-5,12H2. The molecule has 2 rings (SSSR count). The largest absolute Gasteiger partial charge is 0.398 e. The molecule has 1 amide bonds. The average molecular weight is 255 g/mol. The van der Waals surface area contributed by atoms with Crippen LogP contribution < -0.4 is 5.73 Å². The van der Waals surface area contributed by atoms with Gasteiger partial charge in [0.2, 0.25) is 0 Å². The minimum Gasteiger partial charge on any atom is -0.398 e. The fourth-order valence-corrected chi connectivity index (χ4v) is 1.63. The number of nitrogen functional groups attached to an aromatic ring is 1. The van der Waals surface area contributed by atoms with Crippen LogP contribution in [0.1, 0.15) is 16.8 Å². The second kappa shape index (κ2) is 3.61. The fraction of sp³-hybridized carbons (Fsp3) is 0.300. The summed E-state index contributed by atoms with van der Waals surface area (Å²) in [7, 11) is 0. The van der Waals surface area contributed by atoms with Gasteiger partial charge in [0.1, 0.15) is 0 Å². The van der Waals surface area contributed by atoms with Crippen molar-refractivity contribution in [2.75, 3.05) is 18.8 Å². The topological polar surface area (TPSA) is 46.3 Å². The zero-order valence-corrected chi connectivity index (χ0v) is 9.25. The highest BCUT2D eigenvalue weighted by Crippen LogP contribution is 2.22. The molecule has 0 aromatic heterocycles. The van der Waals surface area contributed by atoms with E-state index in [9.17, 15) is 4.79 Å². The number of amides is 1. The van der Waals surface area contributed by atoms with Crippen molar-refractivity contribution in [2.45, 2.75) is 6.42 Å². The third-order valence-corrected chi connectivity index (χ3v) is 3.11. The van der Waals surface area contributed by atoms with Crippen LogP contribution in [-0.2, 0) is 0 Å². The number of halogens is 1. The highest BCUT2D eigenvalue weighted by molar-refractivity contribution is 9.10. The maximum absolute atomic E-state index is 11.7. The lowest BCUT2D eigenvalue weighted by molar-refractivity contribution is 0.0652. The van der Waals surface area contributed by atoms with Gasteiger partial charge in [0.25, 0.3) is 5.91 Å². The van der Waals surface area contributed by atoms with Gasteiger partial charge < -0.3 is 10.6 Å². The Balaban J connectivity index is 2.23. The van der Waals surface area contributed by atoms with Gasteiger partial charge in [-0.3, -0.25) is 4.79 Å². The van der Waals surface area contributed by atoms with Crippen molar-refractivity contribution in [3.63, 3.8) is 0 Å². The smallest absolute Gasteiger partial charge is 0.253 e. The van der Waals surface area contributed by atoms with E-state index in [1.54, 1.807) is 12.1 Å². The summed E-state index contributed by atoms with van der Waals surface area (Å²) in [6.07, 6.45) is 1.11. The Bertz CT molecular complexity index is 374. The lowest BCUT2D eigenvalue weighted by atomic mass is 10.1. The number of hydrogen-bond acceptors (Lipinski definition) is 2. The number of hydrogen-bond donors (Lipinski definition) is 1. The van der Waals surface area contributed by atoms with Gasteiger partial charge in [-0.1, -0.05) is 0 Å². The van der Waals surface area contributed by atoms with E-state index in [1.165, 1.54) is 0 Å². The summed E-state index contributed by atoms with van der Waals surface area (Å²) in [4.78, 5) is 13.6. The first-order chi connectivity index (χ1) is 6.68. The lowest BCUT2D eigenvalue weighted by Gasteiger charge is -2.30. The molecule has 14 heavy (non-hydrogen) atoms. The minimum absolute atomic E-state index is 0.0791. The predicted octanol–water partition coefficient (Wildman–Crippen LogP) is 1.88. The van der Waals surface area contributed by atoms with Crippen LogP contribution in [0.15, 0.2) is 22.7 Å². The van der Waals surface area contributed by atoms with Crippen molar-refractivity contribution in [1.82, 2.24) is 4.90 Å². The van der Waals surface area contributed by atoms with Gasteiger partial charge in [-0.15, -0.1) is 0 Å². The second-order valence-corrected chi connectivity index (χ2v) is 4.24.